The molecule has 0 atom stereocenters. The topological polar surface area (TPSA) is 0 Å². The number of benzene rings is 16. The lowest BCUT2D eigenvalue weighted by atomic mass is 9.36. The van der Waals surface area contributed by atoms with Gasteiger partial charge in [-0.15, -0.1) is 0 Å². The molecule has 16 aromatic carbocycles. The molecule has 2 heteroatoms. The van der Waals surface area contributed by atoms with Crippen LogP contribution < -0.4 is 32.8 Å². The average molecular weight is 1010 g/mol. The highest BCUT2D eigenvalue weighted by molar-refractivity contribution is 7.04. The second kappa shape index (κ2) is 16.2. The predicted molar refractivity (Wildman–Crippen MR) is 351 cm³/mol. The Morgan fingerprint density at radius 1 is 0.225 bits per heavy atom. The maximum atomic E-state index is 2.65. The summed E-state index contributed by atoms with van der Waals surface area (Å²) in [5.41, 5.74) is 16.7. The van der Waals surface area contributed by atoms with Crippen LogP contribution >= 0.6 is 0 Å². The summed E-state index contributed by atoms with van der Waals surface area (Å²) in [7, 11) is 0. The lowest BCUT2D eigenvalue weighted by Gasteiger charge is -2.26. The molecular weight excluding hydrogens is 958 g/mol. The van der Waals surface area contributed by atoms with Crippen molar-refractivity contribution in [3.05, 3.63) is 242 Å². The predicted octanol–water partition coefficient (Wildman–Crippen LogP) is 17.0. The lowest BCUT2D eigenvalue weighted by molar-refractivity contribution is 0.876. The van der Waals surface area contributed by atoms with Gasteiger partial charge < -0.3 is 0 Å². The molecule has 0 spiro atoms. The van der Waals surface area contributed by atoms with E-state index >= 15 is 0 Å². The number of rotatable bonds is 4. The van der Waals surface area contributed by atoms with Crippen LogP contribution in [0.25, 0.3) is 141 Å². The van der Waals surface area contributed by atoms with Crippen LogP contribution in [0.5, 0.6) is 0 Å². The third-order valence-electron chi connectivity index (χ3n) is 19.3. The van der Waals surface area contributed by atoms with E-state index < -0.39 is 0 Å². The van der Waals surface area contributed by atoms with Gasteiger partial charge in [-0.2, -0.15) is 0 Å². The van der Waals surface area contributed by atoms with Gasteiger partial charge in [0, 0.05) is 0 Å². The van der Waals surface area contributed by atoms with Crippen LogP contribution in [-0.2, 0) is 0 Å². The molecular formula is C78H52B2. The molecule has 0 radical (unpaired) electrons. The SMILES string of the molecule is CC(C)c1cc(B2c3c(ccc4cc5ccccc5cc34)-c3ccc4cc5ccccc5cc4c32)c2ccc3c(B4c5c(ccc6cc7ccccc7cc56)-c5ccc6cc7ccccc7cc6c54)cc(C(C)C)c4ccc1c2c34. The summed E-state index contributed by atoms with van der Waals surface area (Å²) in [6.45, 7) is 9.62. The van der Waals surface area contributed by atoms with Crippen molar-refractivity contribution >= 4 is 165 Å². The molecule has 370 valence electrons. The molecule has 0 saturated heterocycles. The van der Waals surface area contributed by atoms with Crippen LogP contribution in [0.3, 0.4) is 0 Å². The molecule has 0 amide bonds. The standard InChI is InChI=1S/C78H52B2/c1-43(2)65-41-71(79-75-59(25-21-53-33-45-13-5-9-17-49(45)37-67(53)75)60-26-22-54-34-46-14-6-10-18-50(46)38-68(54)76(60)79)63-31-32-64-72(42-66(44(3)4)58-30-29-57(65)73(63)74(58)64)80-77-61(27-23-55-35-47-15-7-11-19-51(47)39-69(55)77)62-28-24-56-36-48-16-8-12-20-52(48)40-70(56)78(62)80/h5-44H,1-4H3. The maximum absolute atomic E-state index is 2.65. The fraction of sp³-hybridized carbons (Fsp3) is 0.0769. The van der Waals surface area contributed by atoms with E-state index in [9.17, 15) is 0 Å². The van der Waals surface area contributed by atoms with E-state index in [1.165, 1.54) is 185 Å². The average Bonchev–Trinajstić information content (AvgIpc) is 4.18. The van der Waals surface area contributed by atoms with E-state index in [-0.39, 0.29) is 25.3 Å². The Hall–Kier alpha value is -9.23. The van der Waals surface area contributed by atoms with Crippen LogP contribution in [-0.4, -0.2) is 13.4 Å². The zero-order valence-electron chi connectivity index (χ0n) is 45.2. The van der Waals surface area contributed by atoms with Crippen molar-refractivity contribution in [2.45, 2.75) is 39.5 Å². The molecule has 2 aliphatic rings. The van der Waals surface area contributed by atoms with E-state index in [2.05, 4.69) is 258 Å². The van der Waals surface area contributed by atoms with Crippen LogP contribution in [0.15, 0.2) is 231 Å². The van der Waals surface area contributed by atoms with Crippen molar-refractivity contribution < 1.29 is 0 Å². The summed E-state index contributed by atoms with van der Waals surface area (Å²) in [4.78, 5) is 0. The van der Waals surface area contributed by atoms with Crippen LogP contribution in [0.2, 0.25) is 0 Å². The summed E-state index contributed by atoms with van der Waals surface area (Å²) in [6.07, 6.45) is 0. The van der Waals surface area contributed by atoms with Crippen molar-refractivity contribution in [3.63, 3.8) is 0 Å². The number of hydrogen-bond donors (Lipinski definition) is 0. The third kappa shape index (κ3) is 6.03. The van der Waals surface area contributed by atoms with E-state index in [4.69, 9.17) is 0 Å². The van der Waals surface area contributed by atoms with Gasteiger partial charge in [0.25, 0.3) is 0 Å². The van der Waals surface area contributed by atoms with Crippen LogP contribution in [0.4, 0.5) is 0 Å². The second-order valence-electron chi connectivity index (χ2n) is 24.1. The Morgan fingerprint density at radius 2 is 0.475 bits per heavy atom. The summed E-state index contributed by atoms with van der Waals surface area (Å²) in [6, 6.07) is 90.0. The van der Waals surface area contributed by atoms with E-state index in [0.717, 1.165) is 0 Å². The summed E-state index contributed by atoms with van der Waals surface area (Å²) < 4.78 is 0. The number of hydrogen-bond acceptors (Lipinski definition) is 0. The quantitative estimate of drug-likeness (QED) is 0.0936. The van der Waals surface area contributed by atoms with Gasteiger partial charge in [-0.1, -0.05) is 242 Å². The van der Waals surface area contributed by atoms with Crippen molar-refractivity contribution in [3.8, 4) is 22.3 Å². The van der Waals surface area contributed by atoms with Crippen molar-refractivity contribution in [1.82, 2.24) is 0 Å². The van der Waals surface area contributed by atoms with Gasteiger partial charge in [-0.05, 0) is 212 Å². The molecule has 16 aromatic rings. The Labute approximate surface area is 465 Å². The minimum atomic E-state index is -0.0169. The first-order chi connectivity index (χ1) is 39.3. The maximum Gasteiger partial charge on any atom is 0.245 e. The molecule has 0 aliphatic carbocycles. The fourth-order valence-electron chi connectivity index (χ4n) is 15.8. The molecule has 18 rings (SSSR count). The smallest absolute Gasteiger partial charge is 0.0623 e. The summed E-state index contributed by atoms with van der Waals surface area (Å²) >= 11 is 0. The van der Waals surface area contributed by atoms with Crippen LogP contribution in [0.1, 0.15) is 50.7 Å². The van der Waals surface area contributed by atoms with Gasteiger partial charge in [0.05, 0.1) is 0 Å². The minimum Gasteiger partial charge on any atom is -0.0623 e. The molecule has 0 unspecified atom stereocenters. The zero-order chi connectivity index (χ0) is 52.8. The van der Waals surface area contributed by atoms with Gasteiger partial charge in [0.2, 0.25) is 13.4 Å². The van der Waals surface area contributed by atoms with E-state index in [0.29, 0.717) is 0 Å². The summed E-state index contributed by atoms with van der Waals surface area (Å²) in [5, 5.41) is 29.0. The van der Waals surface area contributed by atoms with Gasteiger partial charge in [-0.25, -0.2) is 0 Å². The highest BCUT2D eigenvalue weighted by Gasteiger charge is 2.41. The van der Waals surface area contributed by atoms with Gasteiger partial charge in [0.15, 0.2) is 0 Å². The molecule has 0 aromatic heterocycles. The largest absolute Gasteiger partial charge is 0.245 e. The normalized spacial score (nSPS) is 13.2. The van der Waals surface area contributed by atoms with Crippen molar-refractivity contribution in [2.24, 2.45) is 0 Å². The Kier molecular flexibility index (Phi) is 9.05. The molecule has 0 bridgehead atoms. The highest BCUT2D eigenvalue weighted by atomic mass is 14.3. The first kappa shape index (κ1) is 44.7. The molecule has 80 heavy (non-hydrogen) atoms. The van der Waals surface area contributed by atoms with Crippen LogP contribution in [0, 0.1) is 0 Å². The van der Waals surface area contributed by atoms with Gasteiger partial charge in [-0.3, -0.25) is 0 Å². The Bertz CT molecular complexity index is 4860. The van der Waals surface area contributed by atoms with Crippen molar-refractivity contribution in [2.75, 3.05) is 0 Å². The zero-order valence-corrected chi connectivity index (χ0v) is 45.2. The van der Waals surface area contributed by atoms with Gasteiger partial charge in [0.1, 0.15) is 0 Å². The number of fused-ring (bicyclic) bond motifs is 18. The van der Waals surface area contributed by atoms with Gasteiger partial charge >= 0.3 is 0 Å². The Balaban J connectivity index is 0.986. The van der Waals surface area contributed by atoms with E-state index in [1.807, 2.05) is 0 Å². The minimum absolute atomic E-state index is 0.0169. The molecule has 0 saturated carbocycles. The van der Waals surface area contributed by atoms with Crippen molar-refractivity contribution in [1.29, 1.82) is 0 Å². The molecule has 0 nitrogen and oxygen atoms in total. The molecule has 2 aliphatic heterocycles. The highest BCUT2D eigenvalue weighted by Crippen LogP contribution is 2.43. The fourth-order valence-corrected chi connectivity index (χ4v) is 15.8. The molecule has 0 N–H and O–H groups in total. The molecule has 0 fully saturated rings. The van der Waals surface area contributed by atoms with E-state index in [1.54, 1.807) is 0 Å². The molecule has 2 heterocycles. The monoisotopic (exact) mass is 1010 g/mol. The second-order valence-corrected chi connectivity index (χ2v) is 24.1. The third-order valence-corrected chi connectivity index (χ3v) is 19.3. The lowest BCUT2D eigenvalue weighted by Crippen LogP contribution is -2.50. The first-order valence-corrected chi connectivity index (χ1v) is 28.9. The summed E-state index contributed by atoms with van der Waals surface area (Å²) in [5.74, 6) is 0.568. The Morgan fingerprint density at radius 3 is 0.738 bits per heavy atom. The first-order valence-electron chi connectivity index (χ1n) is 28.9.